The van der Waals surface area contributed by atoms with Crippen LogP contribution in [-0.2, 0) is 0 Å². The van der Waals surface area contributed by atoms with Gasteiger partial charge in [-0.3, -0.25) is 0 Å². The van der Waals surface area contributed by atoms with Crippen molar-refractivity contribution in [1.29, 1.82) is 0 Å². The molecule has 0 amide bonds. The Bertz CT molecular complexity index is 1040. The summed E-state index contributed by atoms with van der Waals surface area (Å²) >= 11 is -1.90. The molecule has 1 radical (unpaired) electrons. The molecular weight excluding hydrogens is 457 g/mol. The summed E-state index contributed by atoms with van der Waals surface area (Å²) in [6.45, 7) is 20.8. The number of benzene rings is 3. The molecule has 0 aromatic heterocycles. The topological polar surface area (TPSA) is 0 Å². The van der Waals surface area contributed by atoms with Crippen LogP contribution in [0.5, 0.6) is 0 Å². The van der Waals surface area contributed by atoms with Crippen LogP contribution in [0.1, 0.15) is 66.1 Å². The fraction of sp³-hybridized carbons (Fsp3) is 0.375. The van der Waals surface area contributed by atoms with Gasteiger partial charge >= 0.3 is 208 Å². The molecule has 33 heavy (non-hydrogen) atoms. The molecule has 0 aliphatic carbocycles. The van der Waals surface area contributed by atoms with Crippen molar-refractivity contribution in [1.82, 2.24) is 0 Å². The first-order valence-corrected chi connectivity index (χ1v) is 15.8. The average Bonchev–Trinajstić information content (AvgIpc) is 2.69. The molecule has 3 aromatic carbocycles. The van der Waals surface area contributed by atoms with Crippen LogP contribution < -0.4 is 8.79 Å². The van der Waals surface area contributed by atoms with E-state index < -0.39 is 14.3 Å². The molecule has 3 aromatic rings. The van der Waals surface area contributed by atoms with E-state index in [0.717, 1.165) is 6.42 Å². The van der Waals surface area contributed by atoms with E-state index >= 15 is 0 Å². The van der Waals surface area contributed by atoms with E-state index in [4.69, 9.17) is 0 Å². The van der Waals surface area contributed by atoms with Crippen molar-refractivity contribution < 1.29 is 0 Å². The Morgan fingerprint density at radius 1 is 0.697 bits per heavy atom. The number of hydrogen-bond acceptors (Lipinski definition) is 0. The van der Waals surface area contributed by atoms with Gasteiger partial charge in [0.1, 0.15) is 0 Å². The van der Waals surface area contributed by atoms with Crippen molar-refractivity contribution >= 4 is 28.7 Å². The van der Waals surface area contributed by atoms with Crippen LogP contribution in [0.3, 0.4) is 0 Å². The van der Waals surface area contributed by atoms with Gasteiger partial charge in [-0.15, -0.1) is 0 Å². The van der Waals surface area contributed by atoms with E-state index in [0.29, 0.717) is 0 Å². The molecule has 0 spiro atoms. The predicted molar refractivity (Wildman–Crippen MR) is 150 cm³/mol. The van der Waals surface area contributed by atoms with Crippen LogP contribution in [0.4, 0.5) is 0 Å². The van der Waals surface area contributed by atoms with Gasteiger partial charge in [0, 0.05) is 0 Å². The standard InChI is InChI=1S/C32H41Ge/c1-22-17-24(3)30(25(4)18-22)33(31-26(5)19-23(2)20-27(31)6)21-29(15-16-32(7,8)9)28-13-11-10-12-14-28/h10-15,17-20H,16,21H2,1-9H3/b29-15-. The van der Waals surface area contributed by atoms with Crippen LogP contribution in [0, 0.1) is 47.0 Å². The second-order valence-corrected chi connectivity index (χ2v) is 15.9. The molecule has 1 heteroatoms. The molecule has 0 N–H and O–H groups in total. The molecule has 0 bridgehead atoms. The molecule has 0 aliphatic rings. The first kappa shape index (κ1) is 25.6. The molecule has 0 atom stereocenters. The van der Waals surface area contributed by atoms with E-state index in [9.17, 15) is 0 Å². The molecule has 0 aliphatic heterocycles. The van der Waals surface area contributed by atoms with Crippen molar-refractivity contribution in [3.8, 4) is 0 Å². The molecule has 173 valence electrons. The molecule has 0 fully saturated rings. The third-order valence-electron chi connectivity index (χ3n) is 6.43. The van der Waals surface area contributed by atoms with Gasteiger partial charge in [0.05, 0.1) is 0 Å². The normalized spacial score (nSPS) is 12.5. The summed E-state index contributed by atoms with van der Waals surface area (Å²) in [4.78, 5) is 0. The van der Waals surface area contributed by atoms with Crippen molar-refractivity contribution in [3.63, 3.8) is 0 Å². The van der Waals surface area contributed by atoms with E-state index in [1.807, 2.05) is 0 Å². The summed E-state index contributed by atoms with van der Waals surface area (Å²) in [6.07, 6.45) is 3.64. The monoisotopic (exact) mass is 499 g/mol. The average molecular weight is 498 g/mol. The Morgan fingerprint density at radius 2 is 1.12 bits per heavy atom. The van der Waals surface area contributed by atoms with Crippen molar-refractivity contribution in [2.45, 2.75) is 74.0 Å². The van der Waals surface area contributed by atoms with Gasteiger partial charge in [0.25, 0.3) is 0 Å². The van der Waals surface area contributed by atoms with Crippen LogP contribution in [0.2, 0.25) is 5.25 Å². The van der Waals surface area contributed by atoms with Crippen molar-refractivity contribution in [3.05, 3.63) is 99.6 Å². The van der Waals surface area contributed by atoms with Crippen molar-refractivity contribution in [2.75, 3.05) is 0 Å². The summed E-state index contributed by atoms with van der Waals surface area (Å²) in [5, 5.41) is 1.18. The predicted octanol–water partition coefficient (Wildman–Crippen LogP) is 7.67. The zero-order valence-electron chi connectivity index (χ0n) is 22.2. The Hall–Kier alpha value is -2.06. The van der Waals surface area contributed by atoms with E-state index in [-0.39, 0.29) is 5.41 Å². The van der Waals surface area contributed by atoms with Crippen LogP contribution in [-0.4, -0.2) is 14.3 Å². The molecule has 0 nitrogen and oxygen atoms in total. The fourth-order valence-corrected chi connectivity index (χ4v) is 12.6. The SMILES string of the molecule is Cc1cc(C)[c]([Ge]([CH2]/C(=C/CC(C)(C)C)c2ccccc2)[c]2c(C)cc(C)cc2C)c(C)c1. The Balaban J connectivity index is 2.23. The maximum absolute atomic E-state index is 2.54. The van der Waals surface area contributed by atoms with E-state index in [1.165, 1.54) is 49.8 Å². The third kappa shape index (κ3) is 6.51. The third-order valence-corrected chi connectivity index (χ3v) is 13.8. The molecule has 0 saturated carbocycles. The molecule has 0 heterocycles. The number of rotatable bonds is 6. The summed E-state index contributed by atoms with van der Waals surface area (Å²) < 4.78 is 3.32. The summed E-state index contributed by atoms with van der Waals surface area (Å²) in [6, 6.07) is 20.7. The van der Waals surface area contributed by atoms with Crippen molar-refractivity contribution in [2.24, 2.45) is 5.41 Å². The first-order chi connectivity index (χ1) is 15.5. The summed E-state index contributed by atoms with van der Waals surface area (Å²) in [7, 11) is 0. The maximum atomic E-state index is 2.54. The van der Waals surface area contributed by atoms with Gasteiger partial charge < -0.3 is 0 Å². The second-order valence-electron chi connectivity index (χ2n) is 11.1. The van der Waals surface area contributed by atoms with Crippen LogP contribution in [0.15, 0.2) is 60.7 Å². The van der Waals surface area contributed by atoms with E-state index in [1.54, 1.807) is 8.79 Å². The van der Waals surface area contributed by atoms with Gasteiger partial charge in [-0.05, 0) is 0 Å². The Kier molecular flexibility index (Phi) is 8.11. The quantitative estimate of drug-likeness (QED) is 0.306. The van der Waals surface area contributed by atoms with Gasteiger partial charge in [0.15, 0.2) is 0 Å². The fourth-order valence-electron chi connectivity index (χ4n) is 5.18. The number of allylic oxidation sites excluding steroid dienone is 2. The molecule has 0 unspecified atom stereocenters. The number of aryl methyl sites for hydroxylation is 6. The summed E-state index contributed by atoms with van der Waals surface area (Å²) in [5.74, 6) is 0. The van der Waals surface area contributed by atoms with Crippen LogP contribution in [0.25, 0.3) is 5.57 Å². The van der Waals surface area contributed by atoms with Gasteiger partial charge in [0.2, 0.25) is 0 Å². The first-order valence-electron chi connectivity index (χ1n) is 12.2. The van der Waals surface area contributed by atoms with Gasteiger partial charge in [-0.25, -0.2) is 0 Å². The number of hydrogen-bond donors (Lipinski definition) is 0. The van der Waals surface area contributed by atoms with E-state index in [2.05, 4.69) is 123 Å². The second kappa shape index (κ2) is 10.5. The zero-order valence-corrected chi connectivity index (χ0v) is 24.3. The van der Waals surface area contributed by atoms with Gasteiger partial charge in [-0.1, -0.05) is 0 Å². The molecule has 3 rings (SSSR count). The molecule has 0 saturated heterocycles. The molecular formula is C32H41Ge. The Labute approximate surface area is 207 Å². The van der Waals surface area contributed by atoms with Crippen LogP contribution >= 0.6 is 0 Å². The summed E-state index contributed by atoms with van der Waals surface area (Å²) in [5.41, 5.74) is 11.8. The Morgan fingerprint density at radius 3 is 1.52 bits per heavy atom. The minimum atomic E-state index is -1.90. The minimum absolute atomic E-state index is 0.283. The van der Waals surface area contributed by atoms with Gasteiger partial charge in [-0.2, -0.15) is 0 Å². The zero-order chi connectivity index (χ0) is 24.3.